The molecular formula is C16H17N5O2. The Balaban J connectivity index is 1.79. The Labute approximate surface area is 133 Å². The highest BCUT2D eigenvalue weighted by molar-refractivity contribution is 6.01. The Kier molecular flexibility index (Phi) is 3.92. The van der Waals surface area contributed by atoms with Crippen LogP contribution in [-0.2, 0) is 6.54 Å². The summed E-state index contributed by atoms with van der Waals surface area (Å²) in [4.78, 5) is 12.1. The van der Waals surface area contributed by atoms with E-state index in [-0.39, 0.29) is 11.9 Å². The summed E-state index contributed by atoms with van der Waals surface area (Å²) in [7, 11) is 0. The van der Waals surface area contributed by atoms with Crippen molar-refractivity contribution >= 4 is 11.9 Å². The highest BCUT2D eigenvalue weighted by atomic mass is 16.4. The van der Waals surface area contributed by atoms with Crippen molar-refractivity contribution in [2.45, 2.75) is 27.3 Å². The van der Waals surface area contributed by atoms with Crippen molar-refractivity contribution in [3.05, 3.63) is 47.3 Å². The van der Waals surface area contributed by atoms with E-state index in [1.54, 1.807) is 16.9 Å². The fraction of sp³-hybridized carbons (Fsp3) is 0.250. The number of nitrogens with zero attached hydrogens (tertiary/aromatic N) is 4. The lowest BCUT2D eigenvalue weighted by atomic mass is 10.1. The van der Waals surface area contributed by atoms with Crippen LogP contribution in [0.25, 0.3) is 11.5 Å². The number of amides is 1. The zero-order chi connectivity index (χ0) is 16.4. The van der Waals surface area contributed by atoms with Gasteiger partial charge in [0.2, 0.25) is 5.89 Å². The first-order valence-corrected chi connectivity index (χ1v) is 7.32. The average Bonchev–Trinajstić information content (AvgIpc) is 3.18. The monoisotopic (exact) mass is 311 g/mol. The molecule has 0 aliphatic carbocycles. The first kappa shape index (κ1) is 15.0. The summed E-state index contributed by atoms with van der Waals surface area (Å²) in [5.41, 5.74) is 3.28. The highest BCUT2D eigenvalue weighted by Crippen LogP contribution is 2.24. The molecular weight excluding hydrogens is 294 g/mol. The maximum atomic E-state index is 12.1. The first-order valence-electron chi connectivity index (χ1n) is 7.32. The largest absolute Gasteiger partial charge is 0.403 e. The van der Waals surface area contributed by atoms with Crippen LogP contribution in [0.1, 0.15) is 28.5 Å². The Morgan fingerprint density at radius 1 is 1.26 bits per heavy atom. The van der Waals surface area contributed by atoms with E-state index in [9.17, 15) is 4.79 Å². The number of nitrogens with one attached hydrogen (secondary N) is 1. The van der Waals surface area contributed by atoms with Crippen LogP contribution in [-0.4, -0.2) is 25.9 Å². The predicted octanol–water partition coefficient (Wildman–Crippen LogP) is 2.82. The van der Waals surface area contributed by atoms with Crippen LogP contribution in [0.4, 0.5) is 6.01 Å². The third-order valence-corrected chi connectivity index (χ3v) is 3.47. The number of anilines is 1. The fourth-order valence-corrected chi connectivity index (χ4v) is 2.17. The quantitative estimate of drug-likeness (QED) is 0.800. The van der Waals surface area contributed by atoms with Gasteiger partial charge in [0.1, 0.15) is 0 Å². The van der Waals surface area contributed by atoms with Gasteiger partial charge in [0.25, 0.3) is 5.91 Å². The molecule has 0 fully saturated rings. The molecule has 118 valence electrons. The number of aromatic nitrogens is 4. The van der Waals surface area contributed by atoms with Crippen molar-refractivity contribution in [3.63, 3.8) is 0 Å². The summed E-state index contributed by atoms with van der Waals surface area (Å²) in [6.45, 7) is 6.61. The molecule has 0 saturated heterocycles. The molecule has 1 N–H and O–H groups in total. The van der Waals surface area contributed by atoms with E-state index in [1.165, 1.54) is 0 Å². The molecule has 1 amide bonds. The number of hydrogen-bond donors (Lipinski definition) is 1. The zero-order valence-corrected chi connectivity index (χ0v) is 13.2. The SMILES string of the molecule is CCn1ccc(C(=O)Nc2nnc(-c3cc(C)ccc3C)o2)n1. The normalized spacial score (nSPS) is 10.7. The molecule has 23 heavy (non-hydrogen) atoms. The van der Waals surface area contributed by atoms with Gasteiger partial charge in [-0.05, 0) is 38.5 Å². The summed E-state index contributed by atoms with van der Waals surface area (Å²) in [5, 5.41) is 14.6. The second-order valence-electron chi connectivity index (χ2n) is 5.24. The van der Waals surface area contributed by atoms with E-state index in [2.05, 4.69) is 20.6 Å². The summed E-state index contributed by atoms with van der Waals surface area (Å²) in [5.74, 6) is -0.00560. The topological polar surface area (TPSA) is 85.8 Å². The van der Waals surface area contributed by atoms with Gasteiger partial charge in [-0.1, -0.05) is 22.8 Å². The van der Waals surface area contributed by atoms with Gasteiger partial charge in [-0.25, -0.2) is 0 Å². The van der Waals surface area contributed by atoms with Crippen molar-refractivity contribution < 1.29 is 9.21 Å². The van der Waals surface area contributed by atoms with Crippen molar-refractivity contribution in [2.24, 2.45) is 0 Å². The lowest BCUT2D eigenvalue weighted by Crippen LogP contribution is -2.13. The maximum absolute atomic E-state index is 12.1. The Bertz CT molecular complexity index is 850. The van der Waals surface area contributed by atoms with E-state index in [0.29, 0.717) is 18.1 Å². The second-order valence-corrected chi connectivity index (χ2v) is 5.24. The van der Waals surface area contributed by atoms with E-state index in [4.69, 9.17) is 4.42 Å². The van der Waals surface area contributed by atoms with Crippen LogP contribution in [0.3, 0.4) is 0 Å². The molecule has 0 spiro atoms. The van der Waals surface area contributed by atoms with Gasteiger partial charge in [0.05, 0.1) is 0 Å². The molecule has 3 rings (SSSR count). The van der Waals surface area contributed by atoms with Crippen molar-refractivity contribution in [1.29, 1.82) is 0 Å². The van der Waals surface area contributed by atoms with Crippen molar-refractivity contribution in [1.82, 2.24) is 20.0 Å². The lowest BCUT2D eigenvalue weighted by molar-refractivity contribution is 0.101. The van der Waals surface area contributed by atoms with Gasteiger partial charge in [-0.3, -0.25) is 14.8 Å². The van der Waals surface area contributed by atoms with Gasteiger partial charge in [0, 0.05) is 18.3 Å². The molecule has 3 aromatic rings. The molecule has 2 aromatic heterocycles. The Hall–Kier alpha value is -2.96. The molecule has 0 radical (unpaired) electrons. The van der Waals surface area contributed by atoms with Crippen LogP contribution in [0, 0.1) is 13.8 Å². The average molecular weight is 311 g/mol. The molecule has 0 unspecified atom stereocenters. The number of rotatable bonds is 4. The number of carbonyl (C=O) groups excluding carboxylic acids is 1. The molecule has 7 heteroatoms. The first-order chi connectivity index (χ1) is 11.1. The smallest absolute Gasteiger partial charge is 0.322 e. The maximum Gasteiger partial charge on any atom is 0.322 e. The van der Waals surface area contributed by atoms with E-state index in [1.807, 2.05) is 39.0 Å². The minimum atomic E-state index is -0.381. The second kappa shape index (κ2) is 6.04. The van der Waals surface area contributed by atoms with Gasteiger partial charge in [-0.15, -0.1) is 5.10 Å². The number of carbonyl (C=O) groups is 1. The fourth-order valence-electron chi connectivity index (χ4n) is 2.17. The molecule has 0 bridgehead atoms. The van der Waals surface area contributed by atoms with Crippen LogP contribution in [0.15, 0.2) is 34.9 Å². The van der Waals surface area contributed by atoms with Gasteiger partial charge in [0.15, 0.2) is 5.69 Å². The van der Waals surface area contributed by atoms with Gasteiger partial charge >= 0.3 is 6.01 Å². The van der Waals surface area contributed by atoms with Gasteiger partial charge < -0.3 is 4.42 Å². The molecule has 0 atom stereocenters. The minimum absolute atomic E-state index is 0.0527. The number of aryl methyl sites for hydroxylation is 3. The summed E-state index contributed by atoms with van der Waals surface area (Å²) in [6, 6.07) is 7.67. The molecule has 0 saturated carbocycles. The van der Waals surface area contributed by atoms with E-state index in [0.717, 1.165) is 16.7 Å². The van der Waals surface area contributed by atoms with E-state index < -0.39 is 0 Å². The van der Waals surface area contributed by atoms with E-state index >= 15 is 0 Å². The standard InChI is InChI=1S/C16H17N5O2/c1-4-21-8-7-13(20-21)14(22)17-16-19-18-15(23-16)12-9-10(2)5-6-11(12)3/h5-9H,4H2,1-3H3,(H,17,19,22). The molecule has 2 heterocycles. The molecule has 0 aliphatic heterocycles. The molecule has 0 aliphatic rings. The van der Waals surface area contributed by atoms with Crippen molar-refractivity contribution in [2.75, 3.05) is 5.32 Å². The van der Waals surface area contributed by atoms with Crippen LogP contribution < -0.4 is 5.32 Å². The number of hydrogen-bond acceptors (Lipinski definition) is 5. The zero-order valence-electron chi connectivity index (χ0n) is 13.2. The van der Waals surface area contributed by atoms with Gasteiger partial charge in [-0.2, -0.15) is 5.10 Å². The van der Waals surface area contributed by atoms with Crippen LogP contribution >= 0.6 is 0 Å². The lowest BCUT2D eigenvalue weighted by Gasteiger charge is -2.02. The summed E-state index contributed by atoms with van der Waals surface area (Å²) < 4.78 is 7.21. The minimum Gasteiger partial charge on any atom is -0.403 e. The third kappa shape index (κ3) is 3.13. The van der Waals surface area contributed by atoms with Crippen molar-refractivity contribution in [3.8, 4) is 11.5 Å². The van der Waals surface area contributed by atoms with Crippen LogP contribution in [0.5, 0.6) is 0 Å². The Morgan fingerprint density at radius 3 is 2.83 bits per heavy atom. The van der Waals surface area contributed by atoms with Crippen LogP contribution in [0.2, 0.25) is 0 Å². The summed E-state index contributed by atoms with van der Waals surface area (Å²) in [6.07, 6.45) is 1.74. The third-order valence-electron chi connectivity index (χ3n) is 3.47. The predicted molar refractivity (Wildman–Crippen MR) is 85.1 cm³/mol. The highest BCUT2D eigenvalue weighted by Gasteiger charge is 2.15. The molecule has 1 aromatic carbocycles. The Morgan fingerprint density at radius 2 is 2.09 bits per heavy atom. The molecule has 7 nitrogen and oxygen atoms in total. The number of benzene rings is 1. The summed E-state index contributed by atoms with van der Waals surface area (Å²) >= 11 is 0.